The molecule has 0 saturated carbocycles. The lowest BCUT2D eigenvalue weighted by molar-refractivity contribution is -0.0808. The topological polar surface area (TPSA) is 58.5 Å². The van der Waals surface area contributed by atoms with Crippen molar-refractivity contribution in [1.29, 1.82) is 0 Å². The first-order valence-corrected chi connectivity index (χ1v) is 5.51. The average Bonchev–Trinajstić information content (AvgIpc) is 2.33. The normalized spacial score (nSPS) is 26.9. The lowest BCUT2D eigenvalue weighted by atomic mass is 10.2. The fourth-order valence-electron chi connectivity index (χ4n) is 1.83. The van der Waals surface area contributed by atoms with Crippen molar-refractivity contribution in [2.45, 2.75) is 25.6 Å². The molecule has 1 N–H and O–H groups in total. The van der Waals surface area contributed by atoms with Crippen molar-refractivity contribution in [3.8, 4) is 0 Å². The molecule has 1 aromatic heterocycles. The third-order valence-electron chi connectivity index (χ3n) is 2.82. The molecule has 2 atom stereocenters. The van der Waals surface area contributed by atoms with Gasteiger partial charge in [0.05, 0.1) is 25.0 Å². The zero-order chi connectivity index (χ0) is 11.4. The van der Waals surface area contributed by atoms with Crippen molar-refractivity contribution in [2.24, 2.45) is 0 Å². The summed E-state index contributed by atoms with van der Waals surface area (Å²) in [6.07, 6.45) is 5.07. The molecule has 1 aliphatic rings. The summed E-state index contributed by atoms with van der Waals surface area (Å²) in [5, 5.41) is 9.08. The van der Waals surface area contributed by atoms with Gasteiger partial charge in [0.25, 0.3) is 0 Å². The molecule has 2 heterocycles. The Morgan fingerprint density at radius 2 is 2.44 bits per heavy atom. The van der Waals surface area contributed by atoms with E-state index < -0.39 is 0 Å². The van der Waals surface area contributed by atoms with Gasteiger partial charge in [-0.2, -0.15) is 0 Å². The molecular weight excluding hydrogens is 206 g/mol. The van der Waals surface area contributed by atoms with Crippen LogP contribution in [0.3, 0.4) is 0 Å². The third kappa shape index (κ3) is 2.75. The lowest BCUT2D eigenvalue weighted by Crippen LogP contribution is -2.48. The van der Waals surface area contributed by atoms with Crippen LogP contribution in [0.5, 0.6) is 0 Å². The summed E-state index contributed by atoms with van der Waals surface area (Å²) in [6.45, 7) is 4.35. The summed E-state index contributed by atoms with van der Waals surface area (Å²) in [6, 6.07) is 0.352. The standard InChI is InChI=1S/C11H17N3O2/c1-9-8-16-11(7-15)6-14(9)5-10-4-12-2-3-13-10/h2-4,9,11,15H,5-8H2,1H3. The Balaban J connectivity index is 1.97. The van der Waals surface area contributed by atoms with Gasteiger partial charge in [0.1, 0.15) is 0 Å². The Hall–Kier alpha value is -1.04. The van der Waals surface area contributed by atoms with E-state index in [9.17, 15) is 0 Å². The van der Waals surface area contributed by atoms with E-state index in [2.05, 4.69) is 21.8 Å². The summed E-state index contributed by atoms with van der Waals surface area (Å²) < 4.78 is 5.48. The highest BCUT2D eigenvalue weighted by atomic mass is 16.5. The quantitative estimate of drug-likeness (QED) is 0.785. The van der Waals surface area contributed by atoms with Crippen molar-refractivity contribution < 1.29 is 9.84 Å². The lowest BCUT2D eigenvalue weighted by Gasteiger charge is -2.37. The molecule has 5 heteroatoms. The van der Waals surface area contributed by atoms with Gasteiger partial charge in [0, 0.05) is 37.7 Å². The molecule has 1 saturated heterocycles. The van der Waals surface area contributed by atoms with Gasteiger partial charge >= 0.3 is 0 Å². The molecule has 1 aliphatic heterocycles. The Morgan fingerprint density at radius 3 is 3.12 bits per heavy atom. The summed E-state index contributed by atoms with van der Waals surface area (Å²) in [4.78, 5) is 10.6. The smallest absolute Gasteiger partial charge is 0.0933 e. The van der Waals surface area contributed by atoms with Crippen LogP contribution in [-0.4, -0.2) is 51.9 Å². The van der Waals surface area contributed by atoms with Crippen molar-refractivity contribution in [2.75, 3.05) is 19.8 Å². The average molecular weight is 223 g/mol. The first-order valence-electron chi connectivity index (χ1n) is 5.51. The molecule has 16 heavy (non-hydrogen) atoms. The van der Waals surface area contributed by atoms with Gasteiger partial charge in [0.2, 0.25) is 0 Å². The summed E-state index contributed by atoms with van der Waals surface area (Å²) >= 11 is 0. The van der Waals surface area contributed by atoms with Crippen LogP contribution in [0.4, 0.5) is 0 Å². The maximum absolute atomic E-state index is 9.08. The predicted octanol–water partition coefficient (Wildman–Crippen LogP) is 0.0582. The minimum Gasteiger partial charge on any atom is -0.394 e. The minimum absolute atomic E-state index is 0.0731. The zero-order valence-corrected chi connectivity index (χ0v) is 9.41. The van der Waals surface area contributed by atoms with Crippen LogP contribution in [0.15, 0.2) is 18.6 Å². The second-order valence-corrected chi connectivity index (χ2v) is 4.11. The molecule has 0 radical (unpaired) electrons. The SMILES string of the molecule is CC1COC(CO)CN1Cc1cnccn1. The van der Waals surface area contributed by atoms with Gasteiger partial charge in [-0.25, -0.2) is 0 Å². The largest absolute Gasteiger partial charge is 0.394 e. The highest BCUT2D eigenvalue weighted by molar-refractivity contribution is 4.95. The number of ether oxygens (including phenoxy) is 1. The van der Waals surface area contributed by atoms with E-state index in [-0.39, 0.29) is 12.7 Å². The summed E-state index contributed by atoms with van der Waals surface area (Å²) in [5.74, 6) is 0. The van der Waals surface area contributed by atoms with Gasteiger partial charge in [-0.3, -0.25) is 14.9 Å². The Bertz CT molecular complexity index is 320. The van der Waals surface area contributed by atoms with Crippen LogP contribution in [0, 0.1) is 0 Å². The molecule has 0 aromatic carbocycles. The fourth-order valence-corrected chi connectivity index (χ4v) is 1.83. The first kappa shape index (κ1) is 11.4. The van der Waals surface area contributed by atoms with Crippen molar-refractivity contribution >= 4 is 0 Å². The van der Waals surface area contributed by atoms with Crippen LogP contribution >= 0.6 is 0 Å². The van der Waals surface area contributed by atoms with Crippen LogP contribution in [0.1, 0.15) is 12.6 Å². The van der Waals surface area contributed by atoms with E-state index in [0.717, 1.165) is 18.8 Å². The van der Waals surface area contributed by atoms with E-state index in [1.807, 2.05) is 0 Å². The molecule has 2 unspecified atom stereocenters. The van der Waals surface area contributed by atoms with Crippen molar-refractivity contribution in [3.63, 3.8) is 0 Å². The van der Waals surface area contributed by atoms with Gasteiger partial charge in [-0.05, 0) is 6.92 Å². The third-order valence-corrected chi connectivity index (χ3v) is 2.82. The monoisotopic (exact) mass is 223 g/mol. The second-order valence-electron chi connectivity index (χ2n) is 4.11. The number of aliphatic hydroxyl groups excluding tert-OH is 1. The number of hydrogen-bond donors (Lipinski definition) is 1. The van der Waals surface area contributed by atoms with Crippen LogP contribution in [0.2, 0.25) is 0 Å². The fraction of sp³-hybridized carbons (Fsp3) is 0.636. The Morgan fingerprint density at radius 1 is 1.56 bits per heavy atom. The molecule has 5 nitrogen and oxygen atoms in total. The van der Waals surface area contributed by atoms with E-state index in [0.29, 0.717) is 12.6 Å². The molecule has 88 valence electrons. The Labute approximate surface area is 95.1 Å². The predicted molar refractivity (Wildman–Crippen MR) is 58.7 cm³/mol. The number of hydrogen-bond acceptors (Lipinski definition) is 5. The molecule has 0 bridgehead atoms. The Kier molecular flexibility index (Phi) is 3.82. The van der Waals surface area contributed by atoms with Crippen LogP contribution in [-0.2, 0) is 11.3 Å². The second kappa shape index (κ2) is 5.34. The summed E-state index contributed by atoms with van der Waals surface area (Å²) in [7, 11) is 0. The highest BCUT2D eigenvalue weighted by Gasteiger charge is 2.25. The zero-order valence-electron chi connectivity index (χ0n) is 9.41. The number of aromatic nitrogens is 2. The molecule has 0 spiro atoms. The van der Waals surface area contributed by atoms with Gasteiger partial charge < -0.3 is 9.84 Å². The molecular formula is C11H17N3O2. The first-order chi connectivity index (χ1) is 7.79. The number of rotatable bonds is 3. The maximum Gasteiger partial charge on any atom is 0.0933 e. The minimum atomic E-state index is -0.0760. The van der Waals surface area contributed by atoms with E-state index >= 15 is 0 Å². The van der Waals surface area contributed by atoms with Gasteiger partial charge in [-0.15, -0.1) is 0 Å². The van der Waals surface area contributed by atoms with Gasteiger partial charge in [0.15, 0.2) is 0 Å². The van der Waals surface area contributed by atoms with Crippen molar-refractivity contribution in [3.05, 3.63) is 24.3 Å². The van der Waals surface area contributed by atoms with E-state index in [1.54, 1.807) is 18.6 Å². The van der Waals surface area contributed by atoms with Gasteiger partial charge in [-0.1, -0.05) is 0 Å². The van der Waals surface area contributed by atoms with E-state index in [4.69, 9.17) is 9.84 Å². The molecule has 0 aliphatic carbocycles. The summed E-state index contributed by atoms with van der Waals surface area (Å²) in [5.41, 5.74) is 0.952. The number of morpholine rings is 1. The van der Waals surface area contributed by atoms with Crippen LogP contribution < -0.4 is 0 Å². The highest BCUT2D eigenvalue weighted by Crippen LogP contribution is 2.13. The van der Waals surface area contributed by atoms with E-state index in [1.165, 1.54) is 0 Å². The molecule has 2 rings (SSSR count). The molecule has 1 fully saturated rings. The maximum atomic E-state index is 9.08. The number of aliphatic hydroxyl groups is 1. The molecule has 0 amide bonds. The number of nitrogens with zero attached hydrogens (tertiary/aromatic N) is 3. The molecule has 1 aromatic rings. The van der Waals surface area contributed by atoms with Crippen LogP contribution in [0.25, 0.3) is 0 Å². The van der Waals surface area contributed by atoms with Crippen molar-refractivity contribution in [1.82, 2.24) is 14.9 Å².